The molecule has 11 heavy (non-hydrogen) atoms. The Morgan fingerprint density at radius 2 is 2.18 bits per heavy atom. The van der Waals surface area contributed by atoms with Gasteiger partial charge in [-0.05, 0) is 17.5 Å². The SMILES string of the molecule is CC(C)c1ccnc(F)c1Cl. The minimum atomic E-state index is -0.585. The van der Waals surface area contributed by atoms with E-state index in [-0.39, 0.29) is 10.9 Å². The summed E-state index contributed by atoms with van der Waals surface area (Å²) in [7, 11) is 0. The van der Waals surface area contributed by atoms with Gasteiger partial charge in [0, 0.05) is 6.20 Å². The van der Waals surface area contributed by atoms with Gasteiger partial charge in [-0.25, -0.2) is 4.98 Å². The molecule has 0 aliphatic heterocycles. The van der Waals surface area contributed by atoms with Gasteiger partial charge in [-0.15, -0.1) is 0 Å². The van der Waals surface area contributed by atoms with E-state index in [1.165, 1.54) is 6.20 Å². The Bertz CT molecular complexity index is 260. The van der Waals surface area contributed by atoms with Crippen LogP contribution in [-0.4, -0.2) is 4.98 Å². The normalized spacial score (nSPS) is 10.6. The summed E-state index contributed by atoms with van der Waals surface area (Å²) < 4.78 is 12.7. The number of pyridine rings is 1. The second-order valence-electron chi connectivity index (χ2n) is 2.66. The molecule has 1 rings (SSSR count). The van der Waals surface area contributed by atoms with Crippen molar-refractivity contribution in [3.63, 3.8) is 0 Å². The maximum absolute atomic E-state index is 12.7. The minimum absolute atomic E-state index is 0.141. The first-order chi connectivity index (χ1) is 5.13. The largest absolute Gasteiger partial charge is 0.231 e. The van der Waals surface area contributed by atoms with E-state index in [1.807, 2.05) is 13.8 Å². The molecule has 0 saturated carbocycles. The maximum atomic E-state index is 12.7. The molecule has 0 aromatic carbocycles. The second kappa shape index (κ2) is 3.18. The van der Waals surface area contributed by atoms with Gasteiger partial charge in [0.25, 0.3) is 0 Å². The highest BCUT2D eigenvalue weighted by Crippen LogP contribution is 2.24. The van der Waals surface area contributed by atoms with Gasteiger partial charge in [-0.3, -0.25) is 0 Å². The smallest absolute Gasteiger partial charge is 0.227 e. The molecule has 3 heteroatoms. The van der Waals surface area contributed by atoms with Gasteiger partial charge in [0.1, 0.15) is 0 Å². The monoisotopic (exact) mass is 173 g/mol. The van der Waals surface area contributed by atoms with E-state index in [9.17, 15) is 4.39 Å². The fraction of sp³-hybridized carbons (Fsp3) is 0.375. The molecule has 0 fully saturated rings. The van der Waals surface area contributed by atoms with E-state index in [4.69, 9.17) is 11.6 Å². The molecule has 0 aliphatic carbocycles. The molecule has 0 atom stereocenters. The number of hydrogen-bond acceptors (Lipinski definition) is 1. The van der Waals surface area contributed by atoms with E-state index in [0.29, 0.717) is 0 Å². The molecule has 1 aromatic heterocycles. The van der Waals surface area contributed by atoms with E-state index in [1.54, 1.807) is 6.07 Å². The van der Waals surface area contributed by atoms with Gasteiger partial charge in [0.2, 0.25) is 5.95 Å². The van der Waals surface area contributed by atoms with E-state index >= 15 is 0 Å². The highest BCUT2D eigenvalue weighted by molar-refractivity contribution is 6.31. The summed E-state index contributed by atoms with van der Waals surface area (Å²) in [6.45, 7) is 3.92. The lowest BCUT2D eigenvalue weighted by Gasteiger charge is -2.06. The maximum Gasteiger partial charge on any atom is 0.231 e. The zero-order valence-corrected chi connectivity index (χ0v) is 7.19. The third-order valence-electron chi connectivity index (χ3n) is 1.50. The number of halogens is 2. The average molecular weight is 174 g/mol. The third kappa shape index (κ3) is 1.69. The highest BCUT2D eigenvalue weighted by atomic mass is 35.5. The molecule has 1 aromatic rings. The van der Waals surface area contributed by atoms with Crippen molar-refractivity contribution in [2.24, 2.45) is 0 Å². The zero-order valence-electron chi connectivity index (χ0n) is 6.44. The molecule has 0 unspecified atom stereocenters. The van der Waals surface area contributed by atoms with Gasteiger partial charge >= 0.3 is 0 Å². The molecular formula is C8H9ClFN. The number of aromatic nitrogens is 1. The fourth-order valence-electron chi connectivity index (χ4n) is 0.878. The van der Waals surface area contributed by atoms with Crippen molar-refractivity contribution in [2.75, 3.05) is 0 Å². The van der Waals surface area contributed by atoms with Crippen LogP contribution in [0.3, 0.4) is 0 Å². The molecular weight excluding hydrogens is 165 g/mol. The van der Waals surface area contributed by atoms with Crippen LogP contribution in [0, 0.1) is 5.95 Å². The molecule has 0 aliphatic rings. The minimum Gasteiger partial charge on any atom is -0.227 e. The molecule has 1 heterocycles. The summed E-state index contributed by atoms with van der Waals surface area (Å²) in [6.07, 6.45) is 1.43. The van der Waals surface area contributed by atoms with E-state index in [2.05, 4.69) is 4.98 Å². The van der Waals surface area contributed by atoms with Crippen LogP contribution in [0.2, 0.25) is 5.02 Å². The summed E-state index contributed by atoms with van der Waals surface area (Å²) in [5, 5.41) is 0.141. The molecule has 0 radical (unpaired) electrons. The van der Waals surface area contributed by atoms with Crippen LogP contribution < -0.4 is 0 Å². The van der Waals surface area contributed by atoms with Crippen LogP contribution in [0.25, 0.3) is 0 Å². The first kappa shape index (κ1) is 8.47. The second-order valence-corrected chi connectivity index (χ2v) is 3.04. The summed E-state index contributed by atoms with van der Waals surface area (Å²) in [6, 6.07) is 1.73. The van der Waals surface area contributed by atoms with Crippen LogP contribution in [0.1, 0.15) is 25.3 Å². The zero-order chi connectivity index (χ0) is 8.43. The van der Waals surface area contributed by atoms with Crippen molar-refractivity contribution in [2.45, 2.75) is 19.8 Å². The topological polar surface area (TPSA) is 12.9 Å². The molecule has 0 saturated heterocycles. The Morgan fingerprint density at radius 1 is 1.55 bits per heavy atom. The fourth-order valence-corrected chi connectivity index (χ4v) is 1.21. The van der Waals surface area contributed by atoms with Gasteiger partial charge in [0.05, 0.1) is 5.02 Å². The van der Waals surface area contributed by atoms with Crippen LogP contribution in [0.4, 0.5) is 4.39 Å². The van der Waals surface area contributed by atoms with E-state index in [0.717, 1.165) is 5.56 Å². The van der Waals surface area contributed by atoms with Gasteiger partial charge in [-0.1, -0.05) is 25.4 Å². The van der Waals surface area contributed by atoms with Crippen molar-refractivity contribution in [3.05, 3.63) is 28.8 Å². The Morgan fingerprint density at radius 3 is 2.64 bits per heavy atom. The van der Waals surface area contributed by atoms with Crippen LogP contribution in [0.5, 0.6) is 0 Å². The average Bonchev–Trinajstić information content (AvgIpc) is 1.94. The molecule has 0 bridgehead atoms. The number of nitrogens with zero attached hydrogens (tertiary/aromatic N) is 1. The summed E-state index contributed by atoms with van der Waals surface area (Å²) in [4.78, 5) is 3.42. The van der Waals surface area contributed by atoms with Crippen molar-refractivity contribution in [1.29, 1.82) is 0 Å². The van der Waals surface area contributed by atoms with Crippen LogP contribution >= 0.6 is 11.6 Å². The predicted molar refractivity (Wildman–Crippen MR) is 43.3 cm³/mol. The van der Waals surface area contributed by atoms with Crippen LogP contribution in [-0.2, 0) is 0 Å². The number of rotatable bonds is 1. The standard InChI is InChI=1S/C8H9ClFN/c1-5(2)6-3-4-11-8(10)7(6)9/h3-5H,1-2H3. The molecule has 0 spiro atoms. The quantitative estimate of drug-likeness (QED) is 0.595. The Balaban J connectivity index is 3.17. The van der Waals surface area contributed by atoms with Crippen LogP contribution in [0.15, 0.2) is 12.3 Å². The first-order valence-corrected chi connectivity index (χ1v) is 3.80. The molecule has 0 amide bonds. The van der Waals surface area contributed by atoms with Crippen molar-refractivity contribution < 1.29 is 4.39 Å². The third-order valence-corrected chi connectivity index (χ3v) is 1.87. The summed E-state index contributed by atoms with van der Waals surface area (Å²) in [5.41, 5.74) is 0.805. The molecule has 60 valence electrons. The van der Waals surface area contributed by atoms with Gasteiger partial charge in [-0.2, -0.15) is 4.39 Å². The summed E-state index contributed by atoms with van der Waals surface area (Å²) in [5.74, 6) is -0.349. The van der Waals surface area contributed by atoms with Gasteiger partial charge < -0.3 is 0 Å². The van der Waals surface area contributed by atoms with Crippen molar-refractivity contribution in [3.8, 4) is 0 Å². The first-order valence-electron chi connectivity index (χ1n) is 3.43. The lowest BCUT2D eigenvalue weighted by Crippen LogP contribution is -1.93. The lowest BCUT2D eigenvalue weighted by molar-refractivity contribution is 0.580. The summed E-state index contributed by atoms with van der Waals surface area (Å²) >= 11 is 5.65. The Hall–Kier alpha value is -0.630. The Labute approximate surface area is 70.2 Å². The Kier molecular flexibility index (Phi) is 2.45. The number of hydrogen-bond donors (Lipinski definition) is 0. The van der Waals surface area contributed by atoms with Gasteiger partial charge in [0.15, 0.2) is 0 Å². The van der Waals surface area contributed by atoms with E-state index < -0.39 is 5.95 Å². The van der Waals surface area contributed by atoms with Crippen molar-refractivity contribution >= 4 is 11.6 Å². The predicted octanol–water partition coefficient (Wildman–Crippen LogP) is 3.00. The molecule has 0 N–H and O–H groups in total. The highest BCUT2D eigenvalue weighted by Gasteiger charge is 2.08. The molecule has 1 nitrogen and oxygen atoms in total. The van der Waals surface area contributed by atoms with Crippen molar-refractivity contribution in [1.82, 2.24) is 4.98 Å². The lowest BCUT2D eigenvalue weighted by atomic mass is 10.1.